The highest BCUT2D eigenvalue weighted by molar-refractivity contribution is 5.25. The molecule has 0 aromatic heterocycles. The lowest BCUT2D eigenvalue weighted by molar-refractivity contribution is 0.151. The Labute approximate surface area is 122 Å². The summed E-state index contributed by atoms with van der Waals surface area (Å²) >= 11 is 0. The van der Waals surface area contributed by atoms with Gasteiger partial charge in [-0.3, -0.25) is 0 Å². The summed E-state index contributed by atoms with van der Waals surface area (Å²) in [5, 5.41) is 9.94. The SMILES string of the molecule is CN1CCN(CCc2ccc(CC3(O)CC3)cc2)CC1. The van der Waals surface area contributed by atoms with Crippen LogP contribution in [0.4, 0.5) is 0 Å². The van der Waals surface area contributed by atoms with Gasteiger partial charge in [-0.1, -0.05) is 24.3 Å². The van der Waals surface area contributed by atoms with E-state index in [0.29, 0.717) is 0 Å². The number of aliphatic hydroxyl groups is 1. The van der Waals surface area contributed by atoms with Gasteiger partial charge in [0.15, 0.2) is 0 Å². The fourth-order valence-electron chi connectivity index (χ4n) is 2.88. The van der Waals surface area contributed by atoms with Crippen LogP contribution in [0.2, 0.25) is 0 Å². The molecule has 1 heterocycles. The minimum atomic E-state index is -0.374. The molecular formula is C17H26N2O. The van der Waals surface area contributed by atoms with Gasteiger partial charge in [-0.05, 0) is 37.4 Å². The van der Waals surface area contributed by atoms with Crippen molar-refractivity contribution < 1.29 is 5.11 Å². The van der Waals surface area contributed by atoms with Gasteiger partial charge >= 0.3 is 0 Å². The Morgan fingerprint density at radius 2 is 1.60 bits per heavy atom. The first kappa shape index (κ1) is 14.1. The van der Waals surface area contributed by atoms with E-state index >= 15 is 0 Å². The molecule has 0 amide bonds. The second-order valence-electron chi connectivity index (χ2n) is 6.61. The summed E-state index contributed by atoms with van der Waals surface area (Å²) in [6, 6.07) is 8.85. The highest BCUT2D eigenvalue weighted by Crippen LogP contribution is 2.38. The molecule has 0 radical (unpaired) electrons. The number of hydrogen-bond donors (Lipinski definition) is 1. The van der Waals surface area contributed by atoms with Gasteiger partial charge in [-0.15, -0.1) is 0 Å². The van der Waals surface area contributed by atoms with Crippen molar-refractivity contribution in [3.8, 4) is 0 Å². The number of likely N-dealkylation sites (N-methyl/N-ethyl adjacent to an activating group) is 1. The van der Waals surface area contributed by atoms with Gasteiger partial charge < -0.3 is 14.9 Å². The van der Waals surface area contributed by atoms with Gasteiger partial charge in [0.2, 0.25) is 0 Å². The molecule has 2 fully saturated rings. The van der Waals surface area contributed by atoms with E-state index in [1.807, 2.05) is 0 Å². The van der Waals surface area contributed by atoms with E-state index in [-0.39, 0.29) is 5.60 Å². The minimum absolute atomic E-state index is 0.374. The Balaban J connectivity index is 1.45. The lowest BCUT2D eigenvalue weighted by Crippen LogP contribution is -2.45. The maximum Gasteiger partial charge on any atom is 0.0690 e. The first-order valence-corrected chi connectivity index (χ1v) is 7.84. The Kier molecular flexibility index (Phi) is 4.11. The zero-order valence-electron chi connectivity index (χ0n) is 12.5. The van der Waals surface area contributed by atoms with Crippen molar-refractivity contribution in [2.45, 2.75) is 31.3 Å². The van der Waals surface area contributed by atoms with E-state index < -0.39 is 0 Å². The summed E-state index contributed by atoms with van der Waals surface area (Å²) in [5.74, 6) is 0. The highest BCUT2D eigenvalue weighted by atomic mass is 16.3. The van der Waals surface area contributed by atoms with Crippen molar-refractivity contribution >= 4 is 0 Å². The molecule has 0 spiro atoms. The molecule has 0 unspecified atom stereocenters. The maximum atomic E-state index is 9.94. The second-order valence-corrected chi connectivity index (χ2v) is 6.61. The van der Waals surface area contributed by atoms with Crippen molar-refractivity contribution in [1.29, 1.82) is 0 Å². The molecular weight excluding hydrogens is 248 g/mol. The molecule has 110 valence electrons. The normalized spacial score (nSPS) is 22.9. The molecule has 3 rings (SSSR count). The van der Waals surface area contributed by atoms with Gasteiger partial charge in [-0.2, -0.15) is 0 Å². The van der Waals surface area contributed by atoms with Crippen molar-refractivity contribution in [1.82, 2.24) is 9.80 Å². The lowest BCUT2D eigenvalue weighted by atomic mass is 10.0. The first-order valence-electron chi connectivity index (χ1n) is 7.84. The van der Waals surface area contributed by atoms with E-state index in [9.17, 15) is 5.11 Å². The number of piperazine rings is 1. The van der Waals surface area contributed by atoms with Gasteiger partial charge in [0.05, 0.1) is 5.60 Å². The number of nitrogens with zero attached hydrogens (tertiary/aromatic N) is 2. The topological polar surface area (TPSA) is 26.7 Å². The summed E-state index contributed by atoms with van der Waals surface area (Å²) < 4.78 is 0. The summed E-state index contributed by atoms with van der Waals surface area (Å²) in [4.78, 5) is 4.95. The predicted octanol–water partition coefficient (Wildman–Crippen LogP) is 1.54. The Morgan fingerprint density at radius 3 is 2.20 bits per heavy atom. The summed E-state index contributed by atoms with van der Waals surface area (Å²) in [6.45, 7) is 5.94. The number of rotatable bonds is 5. The Bertz CT molecular complexity index is 431. The molecule has 2 aliphatic rings. The van der Waals surface area contributed by atoms with Crippen molar-refractivity contribution in [2.24, 2.45) is 0 Å². The molecule has 20 heavy (non-hydrogen) atoms. The van der Waals surface area contributed by atoms with E-state index in [2.05, 4.69) is 41.1 Å². The zero-order valence-corrected chi connectivity index (χ0v) is 12.5. The summed E-state index contributed by atoms with van der Waals surface area (Å²) in [6.07, 6.45) is 3.90. The standard InChI is InChI=1S/C17H26N2O/c1-18-10-12-19(13-11-18)9-6-15-2-4-16(5-3-15)14-17(20)7-8-17/h2-5,20H,6-14H2,1H3. The van der Waals surface area contributed by atoms with Crippen molar-refractivity contribution in [2.75, 3.05) is 39.8 Å². The molecule has 0 bridgehead atoms. The molecule has 1 saturated carbocycles. The number of benzene rings is 1. The van der Waals surface area contributed by atoms with E-state index in [0.717, 1.165) is 32.2 Å². The van der Waals surface area contributed by atoms with Crippen LogP contribution in [0.15, 0.2) is 24.3 Å². The fraction of sp³-hybridized carbons (Fsp3) is 0.647. The highest BCUT2D eigenvalue weighted by Gasteiger charge is 2.39. The van der Waals surface area contributed by atoms with Gasteiger partial charge in [0.25, 0.3) is 0 Å². The maximum absolute atomic E-state index is 9.94. The third-order valence-corrected chi connectivity index (χ3v) is 4.70. The smallest absolute Gasteiger partial charge is 0.0690 e. The molecule has 1 aromatic carbocycles. The summed E-state index contributed by atoms with van der Waals surface area (Å²) in [5.41, 5.74) is 2.31. The van der Waals surface area contributed by atoms with Crippen molar-refractivity contribution in [3.63, 3.8) is 0 Å². The van der Waals surface area contributed by atoms with Crippen LogP contribution in [0.1, 0.15) is 24.0 Å². The molecule has 3 heteroatoms. The van der Waals surface area contributed by atoms with Crippen LogP contribution >= 0.6 is 0 Å². The third-order valence-electron chi connectivity index (χ3n) is 4.70. The van der Waals surface area contributed by atoms with E-state index in [4.69, 9.17) is 0 Å². The Hall–Kier alpha value is -0.900. The van der Waals surface area contributed by atoms with Crippen LogP contribution in [0.3, 0.4) is 0 Å². The zero-order chi connectivity index (χ0) is 14.0. The average Bonchev–Trinajstić information content (AvgIpc) is 3.17. The quantitative estimate of drug-likeness (QED) is 0.882. The van der Waals surface area contributed by atoms with Crippen LogP contribution in [-0.2, 0) is 12.8 Å². The molecule has 3 nitrogen and oxygen atoms in total. The van der Waals surface area contributed by atoms with Crippen LogP contribution in [0.5, 0.6) is 0 Å². The minimum Gasteiger partial charge on any atom is -0.390 e. The fourth-order valence-corrected chi connectivity index (χ4v) is 2.88. The molecule has 1 aliphatic heterocycles. The largest absolute Gasteiger partial charge is 0.390 e. The van der Waals surface area contributed by atoms with Gasteiger partial charge in [0.1, 0.15) is 0 Å². The first-order chi connectivity index (χ1) is 9.63. The summed E-state index contributed by atoms with van der Waals surface area (Å²) in [7, 11) is 2.20. The van der Waals surface area contributed by atoms with Crippen molar-refractivity contribution in [3.05, 3.63) is 35.4 Å². The van der Waals surface area contributed by atoms with Crippen LogP contribution in [0.25, 0.3) is 0 Å². The molecule has 1 aliphatic carbocycles. The van der Waals surface area contributed by atoms with Crippen LogP contribution in [0, 0.1) is 0 Å². The number of hydrogen-bond acceptors (Lipinski definition) is 3. The third kappa shape index (κ3) is 3.81. The lowest BCUT2D eigenvalue weighted by Gasteiger charge is -2.32. The predicted molar refractivity (Wildman–Crippen MR) is 82.0 cm³/mol. The van der Waals surface area contributed by atoms with Crippen LogP contribution < -0.4 is 0 Å². The van der Waals surface area contributed by atoms with Crippen LogP contribution in [-0.4, -0.2) is 60.3 Å². The van der Waals surface area contributed by atoms with Gasteiger partial charge in [-0.25, -0.2) is 0 Å². The molecule has 1 saturated heterocycles. The molecule has 1 N–H and O–H groups in total. The van der Waals surface area contributed by atoms with Gasteiger partial charge in [0, 0.05) is 39.1 Å². The molecule has 0 atom stereocenters. The van der Waals surface area contributed by atoms with E-state index in [1.165, 1.54) is 37.3 Å². The second kappa shape index (κ2) is 5.84. The monoisotopic (exact) mass is 274 g/mol. The average molecular weight is 274 g/mol. The van der Waals surface area contributed by atoms with E-state index in [1.54, 1.807) is 0 Å². The molecule has 1 aromatic rings. The Morgan fingerprint density at radius 1 is 1.00 bits per heavy atom.